The quantitative estimate of drug-likeness (QED) is 0.846. The number of aliphatic carboxylic acids is 1. The summed E-state index contributed by atoms with van der Waals surface area (Å²) in [5.41, 5.74) is 0.334. The first-order valence-corrected chi connectivity index (χ1v) is 8.85. The highest BCUT2D eigenvalue weighted by Gasteiger charge is 2.43. The van der Waals surface area contributed by atoms with E-state index < -0.39 is 5.97 Å². The zero-order chi connectivity index (χ0) is 15.6. The van der Waals surface area contributed by atoms with Gasteiger partial charge in [0.25, 0.3) is 0 Å². The van der Waals surface area contributed by atoms with Crippen molar-refractivity contribution in [3.8, 4) is 0 Å². The second-order valence-electron chi connectivity index (χ2n) is 7.95. The molecular weight excluding hydrogens is 262 g/mol. The normalized spacial score (nSPS) is 35.6. The highest BCUT2D eigenvalue weighted by Crippen LogP contribution is 2.44. The minimum atomic E-state index is -0.578. The Kier molecular flexibility index (Phi) is 5.34. The van der Waals surface area contributed by atoms with Gasteiger partial charge in [-0.25, -0.2) is 0 Å². The van der Waals surface area contributed by atoms with Crippen LogP contribution < -0.4 is 0 Å². The minimum absolute atomic E-state index is 0.158. The lowest BCUT2D eigenvalue weighted by Gasteiger charge is -2.48. The standard InChI is InChI=1S/C18H33NO2/c1-5-18(3,4)14-9-10-15(17(20)21)16(12-14)19-11-7-6-8-13(19)2/h13-16H,5-12H2,1-4H3,(H,20,21). The number of hydrogen-bond donors (Lipinski definition) is 1. The lowest BCUT2D eigenvalue weighted by atomic mass is 9.65. The summed E-state index contributed by atoms with van der Waals surface area (Å²) >= 11 is 0. The Balaban J connectivity index is 2.17. The fraction of sp³-hybridized carbons (Fsp3) is 0.944. The lowest BCUT2D eigenvalue weighted by Crippen LogP contribution is -2.53. The molecule has 1 N–H and O–H groups in total. The van der Waals surface area contributed by atoms with Gasteiger partial charge in [-0.05, 0) is 56.9 Å². The van der Waals surface area contributed by atoms with Crippen molar-refractivity contribution in [3.63, 3.8) is 0 Å². The molecule has 0 spiro atoms. The molecule has 0 aromatic rings. The van der Waals surface area contributed by atoms with Crippen LogP contribution in [0.1, 0.15) is 72.6 Å². The fourth-order valence-electron chi connectivity index (χ4n) is 4.41. The van der Waals surface area contributed by atoms with Crippen molar-refractivity contribution >= 4 is 5.97 Å². The molecular formula is C18H33NO2. The van der Waals surface area contributed by atoms with Gasteiger partial charge in [-0.3, -0.25) is 9.69 Å². The summed E-state index contributed by atoms with van der Waals surface area (Å²) in [6.07, 6.45) is 7.94. The summed E-state index contributed by atoms with van der Waals surface area (Å²) in [6.45, 7) is 10.4. The number of nitrogens with zero attached hydrogens (tertiary/aromatic N) is 1. The van der Waals surface area contributed by atoms with Crippen molar-refractivity contribution in [1.29, 1.82) is 0 Å². The van der Waals surface area contributed by atoms with E-state index in [9.17, 15) is 9.90 Å². The molecule has 0 aromatic heterocycles. The molecule has 3 heteroatoms. The first-order chi connectivity index (χ1) is 9.86. The van der Waals surface area contributed by atoms with Crippen LogP contribution in [-0.4, -0.2) is 34.6 Å². The second kappa shape index (κ2) is 6.68. The summed E-state index contributed by atoms with van der Waals surface area (Å²) in [5.74, 6) is -0.0720. The number of hydrogen-bond acceptors (Lipinski definition) is 2. The maximum atomic E-state index is 11.7. The number of carboxylic acids is 1. The molecule has 4 unspecified atom stereocenters. The predicted octanol–water partition coefficient (Wildman–Crippen LogP) is 4.17. The summed E-state index contributed by atoms with van der Waals surface area (Å²) in [7, 11) is 0. The van der Waals surface area contributed by atoms with E-state index in [1.165, 1.54) is 25.7 Å². The highest BCUT2D eigenvalue weighted by atomic mass is 16.4. The molecule has 21 heavy (non-hydrogen) atoms. The van der Waals surface area contributed by atoms with Crippen LogP contribution in [0.15, 0.2) is 0 Å². The largest absolute Gasteiger partial charge is 0.481 e. The van der Waals surface area contributed by atoms with E-state index in [1.54, 1.807) is 0 Å². The molecule has 0 aromatic carbocycles. The SMILES string of the molecule is CCC(C)(C)C1CCC(C(=O)O)C(N2CCCCC2C)C1. The van der Waals surface area contributed by atoms with Crippen LogP contribution in [0.3, 0.4) is 0 Å². The molecule has 2 fully saturated rings. The Morgan fingerprint density at radius 1 is 1.24 bits per heavy atom. The van der Waals surface area contributed by atoms with Gasteiger partial charge in [0, 0.05) is 12.1 Å². The summed E-state index contributed by atoms with van der Waals surface area (Å²) in [4.78, 5) is 14.2. The third kappa shape index (κ3) is 3.61. The molecule has 1 saturated heterocycles. The van der Waals surface area contributed by atoms with Crippen molar-refractivity contribution in [1.82, 2.24) is 4.90 Å². The predicted molar refractivity (Wildman–Crippen MR) is 86.3 cm³/mol. The molecule has 0 amide bonds. The van der Waals surface area contributed by atoms with Gasteiger partial charge in [-0.1, -0.05) is 33.6 Å². The van der Waals surface area contributed by atoms with Crippen LogP contribution >= 0.6 is 0 Å². The third-order valence-electron chi connectivity index (χ3n) is 6.43. The van der Waals surface area contributed by atoms with Gasteiger partial charge in [0.05, 0.1) is 5.92 Å². The van der Waals surface area contributed by atoms with Crippen LogP contribution in [0.2, 0.25) is 0 Å². The summed E-state index contributed by atoms with van der Waals surface area (Å²) in [5, 5.41) is 9.65. The minimum Gasteiger partial charge on any atom is -0.481 e. The molecule has 1 aliphatic carbocycles. The van der Waals surface area contributed by atoms with Gasteiger partial charge in [0.2, 0.25) is 0 Å². The maximum absolute atomic E-state index is 11.7. The summed E-state index contributed by atoms with van der Waals surface area (Å²) in [6, 6.07) is 0.802. The van der Waals surface area contributed by atoms with Gasteiger partial charge < -0.3 is 5.11 Å². The van der Waals surface area contributed by atoms with E-state index in [4.69, 9.17) is 0 Å². The van der Waals surface area contributed by atoms with Gasteiger partial charge in [-0.2, -0.15) is 0 Å². The molecule has 1 saturated carbocycles. The number of piperidine rings is 1. The van der Waals surface area contributed by atoms with Gasteiger partial charge in [0.1, 0.15) is 0 Å². The van der Waals surface area contributed by atoms with E-state index in [1.807, 2.05) is 0 Å². The molecule has 1 aliphatic heterocycles. The van der Waals surface area contributed by atoms with Crippen LogP contribution in [-0.2, 0) is 4.79 Å². The molecule has 4 atom stereocenters. The van der Waals surface area contributed by atoms with E-state index in [2.05, 4.69) is 32.6 Å². The number of carboxylic acid groups (broad SMARTS) is 1. The zero-order valence-electron chi connectivity index (χ0n) is 14.3. The number of carbonyl (C=O) groups is 1. The van der Waals surface area contributed by atoms with E-state index in [-0.39, 0.29) is 12.0 Å². The van der Waals surface area contributed by atoms with Crippen molar-refractivity contribution < 1.29 is 9.90 Å². The van der Waals surface area contributed by atoms with E-state index in [0.717, 1.165) is 25.8 Å². The van der Waals surface area contributed by atoms with Crippen molar-refractivity contribution in [2.45, 2.75) is 84.7 Å². The van der Waals surface area contributed by atoms with Crippen molar-refractivity contribution in [2.75, 3.05) is 6.54 Å². The van der Waals surface area contributed by atoms with Crippen molar-refractivity contribution in [2.24, 2.45) is 17.3 Å². The highest BCUT2D eigenvalue weighted by molar-refractivity contribution is 5.71. The molecule has 3 nitrogen and oxygen atoms in total. The fourth-order valence-corrected chi connectivity index (χ4v) is 4.41. The van der Waals surface area contributed by atoms with Gasteiger partial charge >= 0.3 is 5.97 Å². The Labute approximate surface area is 130 Å². The molecule has 0 bridgehead atoms. The monoisotopic (exact) mass is 295 g/mol. The molecule has 2 rings (SSSR count). The third-order valence-corrected chi connectivity index (χ3v) is 6.43. The molecule has 0 radical (unpaired) electrons. The van der Waals surface area contributed by atoms with E-state index >= 15 is 0 Å². The average molecular weight is 295 g/mol. The Bertz CT molecular complexity index is 366. The van der Waals surface area contributed by atoms with Crippen LogP contribution in [0, 0.1) is 17.3 Å². The smallest absolute Gasteiger partial charge is 0.308 e. The van der Waals surface area contributed by atoms with Crippen molar-refractivity contribution in [3.05, 3.63) is 0 Å². The topological polar surface area (TPSA) is 40.5 Å². The van der Waals surface area contributed by atoms with E-state index in [0.29, 0.717) is 17.4 Å². The molecule has 1 heterocycles. The van der Waals surface area contributed by atoms with Gasteiger partial charge in [-0.15, -0.1) is 0 Å². The van der Waals surface area contributed by atoms with Crippen LogP contribution in [0.5, 0.6) is 0 Å². The Morgan fingerprint density at radius 2 is 1.95 bits per heavy atom. The average Bonchev–Trinajstić information content (AvgIpc) is 2.47. The van der Waals surface area contributed by atoms with Gasteiger partial charge in [0.15, 0.2) is 0 Å². The zero-order valence-corrected chi connectivity index (χ0v) is 14.3. The van der Waals surface area contributed by atoms with Crippen LogP contribution in [0.25, 0.3) is 0 Å². The Hall–Kier alpha value is -0.570. The first kappa shape index (κ1) is 16.8. The lowest BCUT2D eigenvalue weighted by molar-refractivity contribution is -0.148. The second-order valence-corrected chi connectivity index (χ2v) is 7.95. The maximum Gasteiger partial charge on any atom is 0.308 e. The Morgan fingerprint density at radius 3 is 2.52 bits per heavy atom. The first-order valence-electron chi connectivity index (χ1n) is 8.85. The number of likely N-dealkylation sites (tertiary alicyclic amines) is 1. The summed E-state index contributed by atoms with van der Waals surface area (Å²) < 4.78 is 0. The molecule has 122 valence electrons. The van der Waals surface area contributed by atoms with Crippen LogP contribution in [0.4, 0.5) is 0 Å². The molecule has 2 aliphatic rings. The number of rotatable bonds is 4.